The fourth-order valence-electron chi connectivity index (χ4n) is 2.20. The van der Waals surface area contributed by atoms with Gasteiger partial charge in [-0.1, -0.05) is 24.1 Å². The van der Waals surface area contributed by atoms with E-state index in [1.165, 1.54) is 30.4 Å². The first-order valence-corrected chi connectivity index (χ1v) is 6.72. The maximum absolute atomic E-state index is 5.95. The topological polar surface area (TPSA) is 35.2 Å². The number of ether oxygens (including phenoxy) is 1. The Morgan fingerprint density at radius 1 is 1.35 bits per heavy atom. The lowest BCUT2D eigenvalue weighted by molar-refractivity contribution is 0.179. The third kappa shape index (κ3) is 3.47. The molecule has 0 saturated heterocycles. The smallest absolute Gasteiger partial charge is 0.122 e. The summed E-state index contributed by atoms with van der Waals surface area (Å²) in [6.07, 6.45) is 6.11. The predicted octanol–water partition coefficient (Wildman–Crippen LogP) is 3.07. The Morgan fingerprint density at radius 2 is 2.18 bits per heavy atom. The van der Waals surface area contributed by atoms with Gasteiger partial charge in [0, 0.05) is 0 Å². The van der Waals surface area contributed by atoms with Crippen LogP contribution in [0.15, 0.2) is 18.2 Å². The van der Waals surface area contributed by atoms with Crippen molar-refractivity contribution in [2.75, 3.05) is 13.2 Å². The summed E-state index contributed by atoms with van der Waals surface area (Å²) in [5.41, 5.74) is 8.19. The van der Waals surface area contributed by atoms with Crippen LogP contribution in [0.5, 0.6) is 5.75 Å². The maximum Gasteiger partial charge on any atom is 0.122 e. The van der Waals surface area contributed by atoms with Crippen LogP contribution < -0.4 is 10.5 Å². The standard InChI is InChI=1S/C15H23NO/c1-12-7-8-15(14(10-12)6-3-9-16)17-11-13-4-2-5-13/h7-8,10,13H,2-6,9,11,16H2,1H3. The highest BCUT2D eigenvalue weighted by molar-refractivity contribution is 5.37. The zero-order chi connectivity index (χ0) is 12.1. The summed E-state index contributed by atoms with van der Waals surface area (Å²) in [6.45, 7) is 3.76. The molecular formula is C15H23NO. The Morgan fingerprint density at radius 3 is 2.82 bits per heavy atom. The predicted molar refractivity (Wildman–Crippen MR) is 71.4 cm³/mol. The van der Waals surface area contributed by atoms with Crippen LogP contribution in [0, 0.1) is 12.8 Å². The van der Waals surface area contributed by atoms with Gasteiger partial charge in [-0.25, -0.2) is 0 Å². The van der Waals surface area contributed by atoms with Crippen molar-refractivity contribution in [3.8, 4) is 5.75 Å². The average molecular weight is 233 g/mol. The Labute approximate surface area is 104 Å². The van der Waals surface area contributed by atoms with Crippen molar-refractivity contribution >= 4 is 0 Å². The van der Waals surface area contributed by atoms with Gasteiger partial charge in [0.05, 0.1) is 6.61 Å². The average Bonchev–Trinajstić information content (AvgIpc) is 2.26. The second-order valence-electron chi connectivity index (χ2n) is 5.11. The minimum Gasteiger partial charge on any atom is -0.493 e. The summed E-state index contributed by atoms with van der Waals surface area (Å²) in [5.74, 6) is 1.86. The van der Waals surface area contributed by atoms with E-state index in [0.29, 0.717) is 0 Å². The number of rotatable bonds is 6. The summed E-state index contributed by atoms with van der Waals surface area (Å²) >= 11 is 0. The van der Waals surface area contributed by atoms with Crippen LogP contribution in [-0.2, 0) is 6.42 Å². The normalized spacial score (nSPS) is 15.6. The van der Waals surface area contributed by atoms with E-state index in [9.17, 15) is 0 Å². The SMILES string of the molecule is Cc1ccc(OCC2CCC2)c(CCCN)c1. The number of nitrogens with two attached hydrogens (primary N) is 1. The van der Waals surface area contributed by atoms with E-state index in [-0.39, 0.29) is 0 Å². The number of benzene rings is 1. The zero-order valence-corrected chi connectivity index (χ0v) is 10.7. The molecule has 0 spiro atoms. The van der Waals surface area contributed by atoms with E-state index in [0.717, 1.165) is 37.7 Å². The molecule has 2 N–H and O–H groups in total. The highest BCUT2D eigenvalue weighted by Crippen LogP contribution is 2.28. The fourth-order valence-corrected chi connectivity index (χ4v) is 2.20. The molecule has 0 radical (unpaired) electrons. The van der Waals surface area contributed by atoms with Crippen molar-refractivity contribution in [2.45, 2.75) is 39.0 Å². The first kappa shape index (κ1) is 12.4. The number of hydrogen-bond donors (Lipinski definition) is 1. The van der Waals surface area contributed by atoms with Crippen LogP contribution >= 0.6 is 0 Å². The second-order valence-corrected chi connectivity index (χ2v) is 5.11. The van der Waals surface area contributed by atoms with E-state index in [4.69, 9.17) is 10.5 Å². The second kappa shape index (κ2) is 6.06. The Bertz CT molecular complexity index is 358. The van der Waals surface area contributed by atoms with Gasteiger partial charge in [-0.05, 0) is 56.7 Å². The number of aryl methyl sites for hydroxylation is 2. The van der Waals surface area contributed by atoms with E-state index >= 15 is 0 Å². The van der Waals surface area contributed by atoms with Gasteiger partial charge in [0.2, 0.25) is 0 Å². The molecule has 0 heterocycles. The van der Waals surface area contributed by atoms with Gasteiger partial charge in [-0.2, -0.15) is 0 Å². The van der Waals surface area contributed by atoms with E-state index in [1.54, 1.807) is 0 Å². The third-order valence-electron chi connectivity index (χ3n) is 3.57. The highest BCUT2D eigenvalue weighted by atomic mass is 16.5. The summed E-state index contributed by atoms with van der Waals surface area (Å²) in [5, 5.41) is 0. The molecule has 0 aliphatic heterocycles. The van der Waals surface area contributed by atoms with E-state index in [1.807, 2.05) is 0 Å². The lowest BCUT2D eigenvalue weighted by atomic mass is 9.86. The molecule has 0 unspecified atom stereocenters. The monoisotopic (exact) mass is 233 g/mol. The van der Waals surface area contributed by atoms with Crippen molar-refractivity contribution in [1.29, 1.82) is 0 Å². The molecule has 1 aromatic carbocycles. The minimum atomic E-state index is 0.746. The number of hydrogen-bond acceptors (Lipinski definition) is 2. The molecule has 0 bridgehead atoms. The van der Waals surface area contributed by atoms with Crippen molar-refractivity contribution in [3.63, 3.8) is 0 Å². The Kier molecular flexibility index (Phi) is 4.43. The van der Waals surface area contributed by atoms with Crippen molar-refractivity contribution in [3.05, 3.63) is 29.3 Å². The largest absolute Gasteiger partial charge is 0.493 e. The Balaban J connectivity index is 1.97. The molecule has 94 valence electrons. The molecule has 2 rings (SSSR count). The first-order valence-electron chi connectivity index (χ1n) is 6.72. The third-order valence-corrected chi connectivity index (χ3v) is 3.57. The van der Waals surface area contributed by atoms with Gasteiger partial charge in [0.1, 0.15) is 5.75 Å². The van der Waals surface area contributed by atoms with Gasteiger partial charge in [-0.15, -0.1) is 0 Å². The van der Waals surface area contributed by atoms with Crippen molar-refractivity contribution in [2.24, 2.45) is 11.7 Å². The van der Waals surface area contributed by atoms with Crippen LogP contribution in [0.3, 0.4) is 0 Å². The van der Waals surface area contributed by atoms with Crippen LogP contribution in [0.1, 0.15) is 36.8 Å². The van der Waals surface area contributed by atoms with Gasteiger partial charge >= 0.3 is 0 Å². The zero-order valence-electron chi connectivity index (χ0n) is 10.7. The maximum atomic E-state index is 5.95. The summed E-state index contributed by atoms with van der Waals surface area (Å²) < 4.78 is 5.95. The Hall–Kier alpha value is -1.02. The molecule has 0 amide bonds. The molecule has 0 atom stereocenters. The van der Waals surface area contributed by atoms with Crippen LogP contribution in [-0.4, -0.2) is 13.2 Å². The molecule has 1 aliphatic carbocycles. The van der Waals surface area contributed by atoms with E-state index in [2.05, 4.69) is 25.1 Å². The van der Waals surface area contributed by atoms with Crippen molar-refractivity contribution < 1.29 is 4.74 Å². The quantitative estimate of drug-likeness (QED) is 0.819. The molecule has 1 aliphatic rings. The van der Waals surface area contributed by atoms with Crippen LogP contribution in [0.25, 0.3) is 0 Å². The molecule has 2 heteroatoms. The fraction of sp³-hybridized carbons (Fsp3) is 0.600. The van der Waals surface area contributed by atoms with Crippen LogP contribution in [0.2, 0.25) is 0 Å². The summed E-state index contributed by atoms with van der Waals surface area (Å²) in [6, 6.07) is 6.47. The van der Waals surface area contributed by atoms with Gasteiger partial charge in [-0.3, -0.25) is 0 Å². The molecule has 2 nitrogen and oxygen atoms in total. The van der Waals surface area contributed by atoms with Gasteiger partial charge in [0.25, 0.3) is 0 Å². The lowest BCUT2D eigenvalue weighted by Crippen LogP contribution is -2.19. The first-order chi connectivity index (χ1) is 8.29. The molecular weight excluding hydrogens is 210 g/mol. The lowest BCUT2D eigenvalue weighted by Gasteiger charge is -2.25. The minimum absolute atomic E-state index is 0.746. The molecule has 17 heavy (non-hydrogen) atoms. The summed E-state index contributed by atoms with van der Waals surface area (Å²) in [7, 11) is 0. The molecule has 1 aromatic rings. The van der Waals surface area contributed by atoms with Crippen molar-refractivity contribution in [1.82, 2.24) is 0 Å². The molecule has 1 fully saturated rings. The van der Waals surface area contributed by atoms with Crippen LogP contribution in [0.4, 0.5) is 0 Å². The molecule has 0 aromatic heterocycles. The van der Waals surface area contributed by atoms with E-state index < -0.39 is 0 Å². The molecule has 1 saturated carbocycles. The van der Waals surface area contributed by atoms with Gasteiger partial charge in [0.15, 0.2) is 0 Å². The highest BCUT2D eigenvalue weighted by Gasteiger charge is 2.18. The summed E-state index contributed by atoms with van der Waals surface area (Å²) in [4.78, 5) is 0. The van der Waals surface area contributed by atoms with Gasteiger partial charge < -0.3 is 10.5 Å².